The molecule has 0 saturated heterocycles. The predicted octanol–water partition coefficient (Wildman–Crippen LogP) is 2.97. The third-order valence-corrected chi connectivity index (χ3v) is 4.65. The molecule has 0 radical (unpaired) electrons. The van der Waals surface area contributed by atoms with Gasteiger partial charge in [-0.1, -0.05) is 19.4 Å². The van der Waals surface area contributed by atoms with E-state index in [4.69, 9.17) is 0 Å². The van der Waals surface area contributed by atoms with Crippen molar-refractivity contribution in [1.82, 2.24) is 5.32 Å². The van der Waals surface area contributed by atoms with E-state index in [1.54, 1.807) is 11.8 Å². The average Bonchev–Trinajstić information content (AvgIpc) is 2.46. The first-order chi connectivity index (χ1) is 10.1. The lowest BCUT2D eigenvalue weighted by Gasteiger charge is -2.21. The number of hydrogen-bond acceptors (Lipinski definition) is 3. The van der Waals surface area contributed by atoms with Crippen molar-refractivity contribution in [3.05, 3.63) is 23.8 Å². The van der Waals surface area contributed by atoms with Crippen LogP contribution in [0.2, 0.25) is 0 Å². The maximum absolute atomic E-state index is 11.7. The Kier molecular flexibility index (Phi) is 5.67. The Morgan fingerprint density at radius 2 is 2.24 bits per heavy atom. The Labute approximate surface area is 130 Å². The van der Waals surface area contributed by atoms with Gasteiger partial charge in [-0.15, -0.1) is 11.8 Å². The summed E-state index contributed by atoms with van der Waals surface area (Å²) < 4.78 is 0. The zero-order valence-corrected chi connectivity index (χ0v) is 13.4. The minimum Gasteiger partial charge on any atom is -0.356 e. The predicted molar refractivity (Wildman–Crippen MR) is 86.6 cm³/mol. The molecule has 1 atom stereocenters. The summed E-state index contributed by atoms with van der Waals surface area (Å²) in [5.74, 6) is 0.171. The monoisotopic (exact) mass is 306 g/mol. The van der Waals surface area contributed by atoms with Crippen molar-refractivity contribution in [3.8, 4) is 0 Å². The van der Waals surface area contributed by atoms with Crippen LogP contribution in [0, 0.1) is 0 Å². The van der Waals surface area contributed by atoms with E-state index >= 15 is 0 Å². The molecule has 0 bridgehead atoms. The maximum Gasteiger partial charge on any atom is 0.237 e. The van der Waals surface area contributed by atoms with Crippen molar-refractivity contribution in [2.24, 2.45) is 0 Å². The SMILES string of the molecule is CCCCC(=O)NCCc1ccc2c(c1)NC(=O)C(C)S2. The summed E-state index contributed by atoms with van der Waals surface area (Å²) in [6.45, 7) is 4.62. The molecule has 1 aromatic carbocycles. The normalized spacial score (nSPS) is 17.0. The molecular weight excluding hydrogens is 284 g/mol. The smallest absolute Gasteiger partial charge is 0.237 e. The number of unbranched alkanes of at least 4 members (excludes halogenated alkanes) is 1. The number of hydrogen-bond donors (Lipinski definition) is 2. The third kappa shape index (κ3) is 4.49. The van der Waals surface area contributed by atoms with Gasteiger partial charge in [0, 0.05) is 17.9 Å². The van der Waals surface area contributed by atoms with Crippen LogP contribution in [0.1, 0.15) is 38.7 Å². The van der Waals surface area contributed by atoms with Gasteiger partial charge >= 0.3 is 0 Å². The topological polar surface area (TPSA) is 58.2 Å². The van der Waals surface area contributed by atoms with Gasteiger partial charge in [0.1, 0.15) is 0 Å². The molecule has 0 aromatic heterocycles. The minimum absolute atomic E-state index is 0.0406. The van der Waals surface area contributed by atoms with Crippen LogP contribution in [0.5, 0.6) is 0 Å². The highest BCUT2D eigenvalue weighted by Gasteiger charge is 2.22. The van der Waals surface area contributed by atoms with Crippen LogP contribution in [0.3, 0.4) is 0 Å². The van der Waals surface area contributed by atoms with Crippen LogP contribution in [0.4, 0.5) is 5.69 Å². The summed E-state index contributed by atoms with van der Waals surface area (Å²) in [5.41, 5.74) is 2.01. The molecule has 5 heteroatoms. The molecule has 0 fully saturated rings. The molecule has 1 aromatic rings. The van der Waals surface area contributed by atoms with Gasteiger partial charge in [-0.25, -0.2) is 0 Å². The second-order valence-electron chi connectivity index (χ2n) is 5.28. The number of benzene rings is 1. The molecule has 0 aliphatic carbocycles. The highest BCUT2D eigenvalue weighted by atomic mass is 32.2. The molecule has 0 spiro atoms. The maximum atomic E-state index is 11.7. The molecule has 2 amide bonds. The molecule has 1 aliphatic rings. The first kappa shape index (κ1) is 15.9. The van der Waals surface area contributed by atoms with Gasteiger partial charge in [0.25, 0.3) is 0 Å². The van der Waals surface area contributed by atoms with Crippen LogP contribution in [-0.2, 0) is 16.0 Å². The first-order valence-electron chi connectivity index (χ1n) is 7.47. The standard InChI is InChI=1S/C16H22N2O2S/c1-3-4-5-15(19)17-9-8-12-6-7-14-13(10-12)18-16(20)11(2)21-14/h6-7,10-11H,3-5,8-9H2,1-2H3,(H,17,19)(H,18,20). The third-order valence-electron chi connectivity index (χ3n) is 3.47. The quantitative estimate of drug-likeness (QED) is 0.849. The summed E-state index contributed by atoms with van der Waals surface area (Å²) in [6.07, 6.45) is 3.35. The van der Waals surface area contributed by atoms with Crippen molar-refractivity contribution in [1.29, 1.82) is 0 Å². The summed E-state index contributed by atoms with van der Waals surface area (Å²) in [6, 6.07) is 6.11. The van der Waals surface area contributed by atoms with Gasteiger partial charge in [-0.3, -0.25) is 9.59 Å². The summed E-state index contributed by atoms with van der Waals surface area (Å²) >= 11 is 1.58. The van der Waals surface area contributed by atoms with E-state index in [1.807, 2.05) is 19.1 Å². The minimum atomic E-state index is -0.0406. The van der Waals surface area contributed by atoms with Crippen molar-refractivity contribution in [2.45, 2.75) is 49.7 Å². The lowest BCUT2D eigenvalue weighted by molar-refractivity contribution is -0.121. The van der Waals surface area contributed by atoms with E-state index in [-0.39, 0.29) is 17.1 Å². The fraction of sp³-hybridized carbons (Fsp3) is 0.500. The van der Waals surface area contributed by atoms with Gasteiger partial charge in [-0.2, -0.15) is 0 Å². The summed E-state index contributed by atoms with van der Waals surface area (Å²) in [7, 11) is 0. The van der Waals surface area contributed by atoms with Gasteiger partial charge in [0.2, 0.25) is 11.8 Å². The van der Waals surface area contributed by atoms with Crippen molar-refractivity contribution in [3.63, 3.8) is 0 Å². The summed E-state index contributed by atoms with van der Waals surface area (Å²) in [5, 5.41) is 5.82. The second kappa shape index (κ2) is 7.50. The molecule has 1 unspecified atom stereocenters. The van der Waals surface area contributed by atoms with Crippen molar-refractivity contribution < 1.29 is 9.59 Å². The zero-order chi connectivity index (χ0) is 15.2. The van der Waals surface area contributed by atoms with E-state index in [0.29, 0.717) is 13.0 Å². The van der Waals surface area contributed by atoms with Crippen LogP contribution < -0.4 is 10.6 Å². The number of anilines is 1. The molecular formula is C16H22N2O2S. The number of thioether (sulfide) groups is 1. The Morgan fingerprint density at radius 3 is 3.00 bits per heavy atom. The van der Waals surface area contributed by atoms with Crippen molar-refractivity contribution in [2.75, 3.05) is 11.9 Å². The van der Waals surface area contributed by atoms with E-state index in [0.717, 1.165) is 35.4 Å². The zero-order valence-electron chi connectivity index (χ0n) is 12.6. The van der Waals surface area contributed by atoms with Crippen LogP contribution >= 0.6 is 11.8 Å². The highest BCUT2D eigenvalue weighted by molar-refractivity contribution is 8.00. The molecule has 1 heterocycles. The van der Waals surface area contributed by atoms with Gasteiger partial charge in [0.05, 0.1) is 10.9 Å². The lowest BCUT2D eigenvalue weighted by atomic mass is 10.1. The van der Waals surface area contributed by atoms with E-state index in [1.165, 1.54) is 0 Å². The largest absolute Gasteiger partial charge is 0.356 e. The number of amides is 2. The van der Waals surface area contributed by atoms with E-state index < -0.39 is 0 Å². The molecule has 2 rings (SSSR count). The number of nitrogens with one attached hydrogen (secondary N) is 2. The van der Waals surface area contributed by atoms with Crippen LogP contribution in [0.25, 0.3) is 0 Å². The Hall–Kier alpha value is -1.49. The Morgan fingerprint density at radius 1 is 1.43 bits per heavy atom. The van der Waals surface area contributed by atoms with E-state index in [9.17, 15) is 9.59 Å². The van der Waals surface area contributed by atoms with Crippen LogP contribution in [0.15, 0.2) is 23.1 Å². The van der Waals surface area contributed by atoms with Crippen molar-refractivity contribution >= 4 is 29.3 Å². The average molecular weight is 306 g/mol. The second-order valence-corrected chi connectivity index (χ2v) is 6.67. The number of fused-ring (bicyclic) bond motifs is 1. The van der Waals surface area contributed by atoms with Gasteiger partial charge in [0.15, 0.2) is 0 Å². The molecule has 114 valence electrons. The van der Waals surface area contributed by atoms with E-state index in [2.05, 4.69) is 23.6 Å². The van der Waals surface area contributed by atoms with Gasteiger partial charge < -0.3 is 10.6 Å². The molecule has 0 saturated carbocycles. The highest BCUT2D eigenvalue weighted by Crippen LogP contribution is 2.35. The Balaban J connectivity index is 1.87. The summed E-state index contributed by atoms with van der Waals surface area (Å²) in [4.78, 5) is 24.3. The number of rotatable bonds is 6. The van der Waals surface area contributed by atoms with Gasteiger partial charge in [-0.05, 0) is 37.5 Å². The fourth-order valence-corrected chi connectivity index (χ4v) is 3.11. The van der Waals surface area contributed by atoms with Crippen LogP contribution in [-0.4, -0.2) is 23.6 Å². The molecule has 4 nitrogen and oxygen atoms in total. The first-order valence-corrected chi connectivity index (χ1v) is 8.35. The number of carbonyl (C=O) groups is 2. The lowest BCUT2D eigenvalue weighted by Crippen LogP contribution is -2.27. The Bertz CT molecular complexity index is 531. The fourth-order valence-electron chi connectivity index (χ4n) is 2.18. The molecule has 2 N–H and O–H groups in total. The molecule has 21 heavy (non-hydrogen) atoms. The molecule has 1 aliphatic heterocycles. The number of carbonyl (C=O) groups excluding carboxylic acids is 2.